The lowest BCUT2D eigenvalue weighted by Gasteiger charge is -2.20. The quantitative estimate of drug-likeness (QED) is 0.0265. The summed E-state index contributed by atoms with van der Waals surface area (Å²) in [6.07, 6.45) is 25.8. The Hall–Kier alpha value is -1.78. The Morgan fingerprint density at radius 3 is 1.61 bits per heavy atom. The van der Waals surface area contributed by atoms with Gasteiger partial charge >= 0.3 is 25.7 Å². The molecule has 12 heteroatoms. The SMILES string of the molecule is CCCCCC/C=C/CCCCCCCC(=O)OC[C@H](COP(=O)(O)OC[C@H](N)C(=O)O)OC(=O)CCCCCCCCCCC. The molecule has 270 valence electrons. The van der Waals surface area contributed by atoms with Gasteiger partial charge in [0.05, 0.1) is 13.2 Å². The van der Waals surface area contributed by atoms with Gasteiger partial charge < -0.3 is 25.2 Å². The number of rotatable bonds is 33. The molecule has 0 aromatic heterocycles. The summed E-state index contributed by atoms with van der Waals surface area (Å²) < 4.78 is 32.4. The van der Waals surface area contributed by atoms with Crippen molar-refractivity contribution in [2.24, 2.45) is 5.73 Å². The van der Waals surface area contributed by atoms with E-state index < -0.39 is 51.1 Å². The third-order valence-electron chi connectivity index (χ3n) is 7.51. The fraction of sp³-hybridized carbons (Fsp3) is 0.853. The predicted molar refractivity (Wildman–Crippen MR) is 180 cm³/mol. The van der Waals surface area contributed by atoms with E-state index in [0.717, 1.165) is 57.8 Å². The number of hydrogen-bond donors (Lipinski definition) is 3. The molecule has 3 atom stereocenters. The van der Waals surface area contributed by atoms with Crippen LogP contribution in [0.4, 0.5) is 0 Å². The first kappa shape index (κ1) is 44.2. The molecule has 0 radical (unpaired) electrons. The molecule has 0 aromatic carbocycles. The first-order valence-corrected chi connectivity index (χ1v) is 19.2. The smallest absolute Gasteiger partial charge is 0.472 e. The molecule has 0 fully saturated rings. The lowest BCUT2D eigenvalue weighted by molar-refractivity contribution is -0.161. The third kappa shape index (κ3) is 29.6. The summed E-state index contributed by atoms with van der Waals surface area (Å²) in [7, 11) is -4.70. The minimum Gasteiger partial charge on any atom is -0.480 e. The van der Waals surface area contributed by atoms with E-state index >= 15 is 0 Å². The third-order valence-corrected chi connectivity index (χ3v) is 8.46. The zero-order chi connectivity index (χ0) is 34.3. The van der Waals surface area contributed by atoms with Gasteiger partial charge in [0, 0.05) is 12.8 Å². The van der Waals surface area contributed by atoms with Gasteiger partial charge in [0.1, 0.15) is 12.6 Å². The Bertz CT molecular complexity index is 854. The second-order valence-corrected chi connectivity index (χ2v) is 13.5. The van der Waals surface area contributed by atoms with E-state index in [2.05, 4.69) is 30.5 Å². The number of aliphatic carboxylic acids is 1. The van der Waals surface area contributed by atoms with Crippen molar-refractivity contribution in [1.82, 2.24) is 0 Å². The molecule has 0 amide bonds. The first-order chi connectivity index (χ1) is 22.1. The fourth-order valence-electron chi connectivity index (χ4n) is 4.65. The van der Waals surface area contributed by atoms with Crippen molar-refractivity contribution >= 4 is 25.7 Å². The molecule has 0 bridgehead atoms. The van der Waals surface area contributed by atoms with Crippen LogP contribution in [-0.2, 0) is 37.5 Å². The second-order valence-electron chi connectivity index (χ2n) is 12.0. The molecule has 0 rings (SSSR count). The summed E-state index contributed by atoms with van der Waals surface area (Å²) in [5, 5.41) is 8.83. The highest BCUT2D eigenvalue weighted by molar-refractivity contribution is 7.47. The lowest BCUT2D eigenvalue weighted by atomic mass is 10.1. The number of carboxylic acid groups (broad SMARTS) is 1. The Kier molecular flexibility index (Phi) is 29.4. The van der Waals surface area contributed by atoms with Crippen molar-refractivity contribution < 1.29 is 47.5 Å². The molecule has 0 saturated carbocycles. The van der Waals surface area contributed by atoms with E-state index in [4.69, 9.17) is 24.8 Å². The topological polar surface area (TPSA) is 172 Å². The molecule has 0 aromatic rings. The summed E-state index contributed by atoms with van der Waals surface area (Å²) in [4.78, 5) is 45.5. The van der Waals surface area contributed by atoms with Crippen LogP contribution in [-0.4, -0.2) is 59.9 Å². The van der Waals surface area contributed by atoms with E-state index in [0.29, 0.717) is 12.8 Å². The van der Waals surface area contributed by atoms with E-state index in [1.54, 1.807) is 0 Å². The van der Waals surface area contributed by atoms with Crippen LogP contribution in [0.5, 0.6) is 0 Å². The number of phosphoric ester groups is 1. The number of nitrogens with two attached hydrogens (primary N) is 1. The van der Waals surface area contributed by atoms with Gasteiger partial charge in [-0.25, -0.2) is 4.57 Å². The fourth-order valence-corrected chi connectivity index (χ4v) is 5.42. The summed E-state index contributed by atoms with van der Waals surface area (Å²) in [5.41, 5.74) is 5.30. The van der Waals surface area contributed by atoms with Crippen molar-refractivity contribution in [1.29, 1.82) is 0 Å². The van der Waals surface area contributed by atoms with Gasteiger partial charge in [-0.15, -0.1) is 0 Å². The Morgan fingerprint density at radius 1 is 0.652 bits per heavy atom. The van der Waals surface area contributed by atoms with Gasteiger partial charge in [-0.2, -0.15) is 0 Å². The maximum Gasteiger partial charge on any atom is 0.472 e. The Balaban J connectivity index is 4.47. The van der Waals surface area contributed by atoms with Crippen LogP contribution in [0.15, 0.2) is 12.2 Å². The molecule has 0 spiro atoms. The molecule has 4 N–H and O–H groups in total. The molecule has 1 unspecified atom stereocenters. The summed E-state index contributed by atoms with van der Waals surface area (Å²) in [6.45, 7) is 2.72. The van der Waals surface area contributed by atoms with Gasteiger partial charge in [0.2, 0.25) is 0 Å². The molecule has 11 nitrogen and oxygen atoms in total. The number of esters is 2. The van der Waals surface area contributed by atoms with Crippen LogP contribution in [0.1, 0.15) is 155 Å². The number of carbonyl (C=O) groups is 3. The highest BCUT2D eigenvalue weighted by Gasteiger charge is 2.28. The molecule has 0 saturated heterocycles. The minimum atomic E-state index is -4.70. The molecule has 0 aliphatic carbocycles. The molecule has 0 aliphatic heterocycles. The van der Waals surface area contributed by atoms with Gasteiger partial charge in [-0.1, -0.05) is 116 Å². The van der Waals surface area contributed by atoms with Gasteiger partial charge in [-0.3, -0.25) is 23.4 Å². The zero-order valence-corrected chi connectivity index (χ0v) is 29.6. The van der Waals surface area contributed by atoms with Crippen molar-refractivity contribution in [2.45, 2.75) is 167 Å². The van der Waals surface area contributed by atoms with Crippen LogP contribution in [0, 0.1) is 0 Å². The van der Waals surface area contributed by atoms with Crippen molar-refractivity contribution in [3.8, 4) is 0 Å². The van der Waals surface area contributed by atoms with Gasteiger partial charge in [-0.05, 0) is 38.5 Å². The van der Waals surface area contributed by atoms with Crippen molar-refractivity contribution in [3.63, 3.8) is 0 Å². The van der Waals surface area contributed by atoms with Crippen LogP contribution in [0.3, 0.4) is 0 Å². The van der Waals surface area contributed by atoms with E-state index in [1.165, 1.54) is 57.8 Å². The van der Waals surface area contributed by atoms with Gasteiger partial charge in [0.15, 0.2) is 6.10 Å². The van der Waals surface area contributed by atoms with Gasteiger partial charge in [0.25, 0.3) is 0 Å². The van der Waals surface area contributed by atoms with Crippen molar-refractivity contribution in [2.75, 3.05) is 19.8 Å². The van der Waals surface area contributed by atoms with E-state index in [-0.39, 0.29) is 19.4 Å². The van der Waals surface area contributed by atoms with E-state index in [9.17, 15) is 23.8 Å². The molecular formula is C34H64NO10P. The Labute approximate surface area is 278 Å². The molecule has 0 aliphatic rings. The minimum absolute atomic E-state index is 0.162. The zero-order valence-electron chi connectivity index (χ0n) is 28.7. The highest BCUT2D eigenvalue weighted by Crippen LogP contribution is 2.43. The average molecular weight is 678 g/mol. The first-order valence-electron chi connectivity index (χ1n) is 17.7. The maximum atomic E-state index is 12.5. The largest absolute Gasteiger partial charge is 0.480 e. The Morgan fingerprint density at radius 2 is 1.09 bits per heavy atom. The standard InChI is InChI=1S/C34H64NO10P/c1-3-5-7-9-11-13-14-15-16-18-19-21-23-25-32(36)42-27-30(28-43-46(40,41)44-29-31(35)34(38)39)45-33(37)26-24-22-20-17-12-10-8-6-4-2/h13-14,30-31H,3-12,15-29,35H2,1-2H3,(H,38,39)(H,40,41)/b14-13+/t30-,31+/m1/s1. The molecule has 46 heavy (non-hydrogen) atoms. The number of phosphoric acid groups is 1. The number of carbonyl (C=O) groups excluding carboxylic acids is 2. The monoisotopic (exact) mass is 677 g/mol. The maximum absolute atomic E-state index is 12.5. The predicted octanol–water partition coefficient (Wildman–Crippen LogP) is 8.17. The number of ether oxygens (including phenoxy) is 2. The number of hydrogen-bond acceptors (Lipinski definition) is 9. The van der Waals surface area contributed by atoms with Crippen LogP contribution in [0.2, 0.25) is 0 Å². The second kappa shape index (κ2) is 30.5. The average Bonchev–Trinajstić information content (AvgIpc) is 3.02. The summed E-state index contributed by atoms with van der Waals surface area (Å²) >= 11 is 0. The summed E-state index contributed by atoms with van der Waals surface area (Å²) in [5.74, 6) is -2.39. The number of allylic oxidation sites excluding steroid dienone is 2. The summed E-state index contributed by atoms with van der Waals surface area (Å²) in [6, 6.07) is -1.52. The molecular weight excluding hydrogens is 613 g/mol. The number of unbranched alkanes of at least 4 members (excludes halogenated alkanes) is 17. The molecule has 0 heterocycles. The normalized spacial score (nSPS) is 14.2. The van der Waals surface area contributed by atoms with E-state index in [1.807, 2.05) is 0 Å². The number of carboxylic acids is 1. The van der Waals surface area contributed by atoms with Crippen molar-refractivity contribution in [3.05, 3.63) is 12.2 Å². The highest BCUT2D eigenvalue weighted by atomic mass is 31.2. The van der Waals surface area contributed by atoms with Crippen LogP contribution >= 0.6 is 7.82 Å². The van der Waals surface area contributed by atoms with Crippen LogP contribution in [0.25, 0.3) is 0 Å². The van der Waals surface area contributed by atoms with Crippen LogP contribution < -0.4 is 5.73 Å². The lowest BCUT2D eigenvalue weighted by Crippen LogP contribution is -2.34.